The van der Waals surface area contributed by atoms with Crippen LogP contribution in [0.2, 0.25) is 0 Å². The van der Waals surface area contributed by atoms with Gasteiger partial charge in [0.15, 0.2) is 0 Å². The lowest BCUT2D eigenvalue weighted by Crippen LogP contribution is -2.29. The quantitative estimate of drug-likeness (QED) is 0.506. The van der Waals surface area contributed by atoms with Crippen molar-refractivity contribution in [1.29, 1.82) is 0 Å². The number of amides is 1. The number of carbonyl (C=O) groups is 1. The maximum absolute atomic E-state index is 12.5. The fourth-order valence-corrected chi connectivity index (χ4v) is 1.51. The molecule has 1 rings (SSSR count). The van der Waals surface area contributed by atoms with Gasteiger partial charge >= 0.3 is 0 Å². The second-order valence-electron chi connectivity index (χ2n) is 2.36. The van der Waals surface area contributed by atoms with E-state index in [-0.39, 0.29) is 5.91 Å². The highest BCUT2D eigenvalue weighted by Crippen LogP contribution is 2.12. The first kappa shape index (κ1) is 8.23. The molecule has 1 aliphatic heterocycles. The first-order chi connectivity index (χ1) is 4.74. The minimum atomic E-state index is -0.785. The minimum absolute atomic E-state index is 0.0563. The van der Waals surface area contributed by atoms with Crippen molar-refractivity contribution in [2.45, 2.75) is 12.6 Å². The fourth-order valence-electron chi connectivity index (χ4n) is 1.03. The van der Waals surface area contributed by atoms with Crippen LogP contribution in [0.1, 0.15) is 6.42 Å². The summed E-state index contributed by atoms with van der Waals surface area (Å²) >= 11 is 2.00. The Labute approximate surface area is 72.9 Å². The predicted molar refractivity (Wildman–Crippen MR) is 45.0 cm³/mol. The average molecular weight is 257 g/mol. The van der Waals surface area contributed by atoms with E-state index >= 15 is 0 Å². The third-order valence-corrected chi connectivity index (χ3v) is 2.25. The topological polar surface area (TPSA) is 20.3 Å². The van der Waals surface area contributed by atoms with Crippen molar-refractivity contribution in [3.63, 3.8) is 0 Å². The normalized spacial score (nSPS) is 25.4. The smallest absolute Gasteiger partial charge is 0.232 e. The summed E-state index contributed by atoms with van der Waals surface area (Å²) in [5.74, 6) is 0.0563. The lowest BCUT2D eigenvalue weighted by Gasteiger charge is -2.12. The van der Waals surface area contributed by atoms with E-state index in [0.29, 0.717) is 23.9 Å². The van der Waals surface area contributed by atoms with E-state index in [9.17, 15) is 9.18 Å². The van der Waals surface area contributed by atoms with Gasteiger partial charge in [0, 0.05) is 6.54 Å². The zero-order chi connectivity index (χ0) is 7.56. The minimum Gasteiger partial charge on any atom is -0.339 e. The molecule has 0 saturated carbocycles. The molecular weight excluding hydrogens is 248 g/mol. The van der Waals surface area contributed by atoms with Crippen molar-refractivity contribution in [3.8, 4) is 0 Å². The van der Waals surface area contributed by atoms with E-state index < -0.39 is 6.17 Å². The number of hydrogen-bond donors (Lipinski definition) is 0. The SMILES string of the molecule is O=C(CI)N1CC[C@@H](F)C1. The molecule has 4 heteroatoms. The van der Waals surface area contributed by atoms with Crippen LogP contribution in [0.3, 0.4) is 0 Å². The molecule has 0 aromatic carbocycles. The summed E-state index contributed by atoms with van der Waals surface area (Å²) in [5, 5.41) is 0. The lowest BCUT2D eigenvalue weighted by atomic mass is 10.3. The highest BCUT2D eigenvalue weighted by Gasteiger charge is 2.24. The second kappa shape index (κ2) is 3.50. The molecule has 0 radical (unpaired) electrons. The summed E-state index contributed by atoms with van der Waals surface area (Å²) in [5.41, 5.74) is 0. The van der Waals surface area contributed by atoms with Gasteiger partial charge in [-0.1, -0.05) is 22.6 Å². The van der Waals surface area contributed by atoms with Gasteiger partial charge < -0.3 is 4.90 Å². The molecular formula is C6H9FINO. The van der Waals surface area contributed by atoms with Crippen LogP contribution >= 0.6 is 22.6 Å². The number of halogens is 2. The van der Waals surface area contributed by atoms with E-state index in [2.05, 4.69) is 0 Å². The van der Waals surface area contributed by atoms with Crippen molar-refractivity contribution >= 4 is 28.5 Å². The molecule has 0 unspecified atom stereocenters. The largest absolute Gasteiger partial charge is 0.339 e. The van der Waals surface area contributed by atoms with Gasteiger partial charge in [0.1, 0.15) is 6.17 Å². The van der Waals surface area contributed by atoms with Crippen LogP contribution in [0.5, 0.6) is 0 Å². The standard InChI is InChI=1S/C6H9FINO/c7-5-1-2-9(4-5)6(10)3-8/h5H,1-4H2/t5-/m1/s1. The zero-order valence-corrected chi connectivity index (χ0v) is 7.67. The molecule has 0 aliphatic carbocycles. The monoisotopic (exact) mass is 257 g/mol. The van der Waals surface area contributed by atoms with Gasteiger partial charge in [-0.05, 0) is 6.42 Å². The molecule has 1 atom stereocenters. The Bertz CT molecular complexity index is 142. The Morgan fingerprint density at radius 1 is 1.80 bits per heavy atom. The Hall–Kier alpha value is 0.130. The average Bonchev–Trinajstić information content (AvgIpc) is 2.34. The molecule has 58 valence electrons. The number of alkyl halides is 2. The van der Waals surface area contributed by atoms with Gasteiger partial charge in [-0.3, -0.25) is 4.79 Å². The molecule has 1 saturated heterocycles. The third kappa shape index (κ3) is 1.81. The number of rotatable bonds is 1. The first-order valence-electron chi connectivity index (χ1n) is 3.22. The van der Waals surface area contributed by atoms with Gasteiger partial charge in [-0.2, -0.15) is 0 Å². The van der Waals surface area contributed by atoms with Crippen LogP contribution < -0.4 is 0 Å². The highest BCUT2D eigenvalue weighted by molar-refractivity contribution is 14.1. The van der Waals surface area contributed by atoms with Crippen LogP contribution in [-0.4, -0.2) is 34.5 Å². The van der Waals surface area contributed by atoms with Crippen LogP contribution in [0.4, 0.5) is 4.39 Å². The summed E-state index contributed by atoms with van der Waals surface area (Å²) in [7, 11) is 0. The van der Waals surface area contributed by atoms with E-state index in [0.717, 1.165) is 0 Å². The maximum atomic E-state index is 12.5. The molecule has 1 heterocycles. The van der Waals surface area contributed by atoms with Crippen molar-refractivity contribution < 1.29 is 9.18 Å². The highest BCUT2D eigenvalue weighted by atomic mass is 127. The summed E-state index contributed by atoms with van der Waals surface area (Å²) < 4.78 is 12.9. The summed E-state index contributed by atoms with van der Waals surface area (Å²) in [4.78, 5) is 12.5. The van der Waals surface area contributed by atoms with Crippen molar-refractivity contribution in [2.75, 3.05) is 17.5 Å². The summed E-state index contributed by atoms with van der Waals surface area (Å²) in [6.07, 6.45) is -0.269. The van der Waals surface area contributed by atoms with Gasteiger partial charge in [0.05, 0.1) is 11.0 Å². The van der Waals surface area contributed by atoms with Gasteiger partial charge in [0.2, 0.25) is 5.91 Å². The molecule has 0 bridgehead atoms. The van der Waals surface area contributed by atoms with E-state index in [1.54, 1.807) is 4.90 Å². The number of carbonyl (C=O) groups excluding carboxylic acids is 1. The van der Waals surface area contributed by atoms with Gasteiger partial charge in [0.25, 0.3) is 0 Å². The van der Waals surface area contributed by atoms with Crippen LogP contribution in [0.25, 0.3) is 0 Å². The van der Waals surface area contributed by atoms with Gasteiger partial charge in [-0.15, -0.1) is 0 Å². The summed E-state index contributed by atoms with van der Waals surface area (Å²) in [6.45, 7) is 0.908. The Balaban J connectivity index is 2.37. The number of nitrogens with zero attached hydrogens (tertiary/aromatic N) is 1. The van der Waals surface area contributed by atoms with Crippen LogP contribution in [-0.2, 0) is 4.79 Å². The summed E-state index contributed by atoms with van der Waals surface area (Å²) in [6, 6.07) is 0. The Morgan fingerprint density at radius 3 is 2.90 bits per heavy atom. The molecule has 1 amide bonds. The molecule has 0 N–H and O–H groups in total. The molecule has 1 fully saturated rings. The lowest BCUT2D eigenvalue weighted by molar-refractivity contribution is -0.127. The Morgan fingerprint density at radius 2 is 2.50 bits per heavy atom. The maximum Gasteiger partial charge on any atom is 0.232 e. The third-order valence-electron chi connectivity index (χ3n) is 1.60. The molecule has 0 aromatic rings. The predicted octanol–water partition coefficient (Wildman–Crippen LogP) is 0.992. The molecule has 2 nitrogen and oxygen atoms in total. The molecule has 0 aromatic heterocycles. The van der Waals surface area contributed by atoms with Crippen LogP contribution in [0.15, 0.2) is 0 Å². The van der Waals surface area contributed by atoms with E-state index in [1.165, 1.54) is 0 Å². The molecule has 1 aliphatic rings. The van der Waals surface area contributed by atoms with Gasteiger partial charge in [-0.25, -0.2) is 4.39 Å². The van der Waals surface area contributed by atoms with Crippen molar-refractivity contribution in [3.05, 3.63) is 0 Å². The Kier molecular flexibility index (Phi) is 2.88. The van der Waals surface area contributed by atoms with Crippen molar-refractivity contribution in [2.24, 2.45) is 0 Å². The first-order valence-corrected chi connectivity index (χ1v) is 4.74. The number of likely N-dealkylation sites (tertiary alicyclic amines) is 1. The van der Waals surface area contributed by atoms with Crippen molar-refractivity contribution in [1.82, 2.24) is 4.90 Å². The zero-order valence-electron chi connectivity index (χ0n) is 5.52. The van der Waals surface area contributed by atoms with E-state index in [4.69, 9.17) is 0 Å². The second-order valence-corrected chi connectivity index (χ2v) is 3.12. The fraction of sp³-hybridized carbons (Fsp3) is 0.833. The van der Waals surface area contributed by atoms with E-state index in [1.807, 2.05) is 22.6 Å². The van der Waals surface area contributed by atoms with Crippen LogP contribution in [0, 0.1) is 0 Å². The number of hydrogen-bond acceptors (Lipinski definition) is 1. The molecule has 0 spiro atoms. The molecule has 10 heavy (non-hydrogen) atoms.